The molecule has 0 amide bonds. The van der Waals surface area contributed by atoms with Crippen LogP contribution in [0.4, 0.5) is 0 Å². The van der Waals surface area contributed by atoms with Crippen molar-refractivity contribution in [2.45, 2.75) is 51.5 Å². The van der Waals surface area contributed by atoms with Crippen molar-refractivity contribution in [3.8, 4) is 0 Å². The number of hydrogen-bond donors (Lipinski definition) is 0. The number of hydrogen-bond acceptors (Lipinski definition) is 7. The van der Waals surface area contributed by atoms with E-state index in [1.807, 2.05) is 26.0 Å². The predicted molar refractivity (Wildman–Crippen MR) is 104 cm³/mol. The van der Waals surface area contributed by atoms with Crippen LogP contribution in [0.5, 0.6) is 0 Å². The second-order valence-corrected chi connectivity index (χ2v) is 9.10. The molecule has 0 N–H and O–H groups in total. The third-order valence-electron chi connectivity index (χ3n) is 5.04. The van der Waals surface area contributed by atoms with Gasteiger partial charge in [-0.25, -0.2) is 8.42 Å². The van der Waals surface area contributed by atoms with E-state index in [0.717, 1.165) is 15.4 Å². The van der Waals surface area contributed by atoms with Gasteiger partial charge in [0.1, 0.15) is 16.6 Å². The Labute approximate surface area is 169 Å². The molecule has 1 aliphatic heterocycles. The van der Waals surface area contributed by atoms with E-state index in [4.69, 9.17) is 9.26 Å². The minimum atomic E-state index is -3.96. The molecule has 3 rings (SSSR count). The van der Waals surface area contributed by atoms with Crippen LogP contribution >= 0.6 is 0 Å². The molecule has 0 aliphatic carbocycles. The van der Waals surface area contributed by atoms with E-state index in [1.54, 1.807) is 6.07 Å². The highest BCUT2D eigenvalue weighted by Gasteiger charge is 2.42. The van der Waals surface area contributed by atoms with Gasteiger partial charge in [-0.05, 0) is 46.1 Å². The first-order chi connectivity index (χ1) is 13.6. The number of aryl methyl sites for hydroxylation is 4. The van der Waals surface area contributed by atoms with Crippen molar-refractivity contribution in [1.29, 1.82) is 0 Å². The molecule has 0 spiro atoms. The van der Waals surface area contributed by atoms with Crippen LogP contribution in [0.15, 0.2) is 27.6 Å². The van der Waals surface area contributed by atoms with Gasteiger partial charge in [0.15, 0.2) is 12.4 Å². The topological polar surface area (TPSA) is 107 Å². The van der Waals surface area contributed by atoms with E-state index in [1.165, 1.54) is 13.8 Å². The molecule has 9 heteroatoms. The van der Waals surface area contributed by atoms with Gasteiger partial charge in [0.2, 0.25) is 15.8 Å². The summed E-state index contributed by atoms with van der Waals surface area (Å²) in [5.41, 5.74) is 2.55. The number of nitrogens with zero attached hydrogens (tertiary/aromatic N) is 2. The van der Waals surface area contributed by atoms with Gasteiger partial charge in [0, 0.05) is 12.1 Å². The number of sulfonamides is 1. The third-order valence-corrected chi connectivity index (χ3v) is 7.19. The molecule has 8 nitrogen and oxygen atoms in total. The average Bonchev–Trinajstić information content (AvgIpc) is 3.27. The fourth-order valence-electron chi connectivity index (χ4n) is 3.66. The molecule has 0 saturated carbocycles. The first-order valence-corrected chi connectivity index (χ1v) is 10.8. The summed E-state index contributed by atoms with van der Waals surface area (Å²) >= 11 is 0. The Morgan fingerprint density at radius 2 is 1.97 bits per heavy atom. The summed E-state index contributed by atoms with van der Waals surface area (Å²) in [6.45, 7) is 6.55. The van der Waals surface area contributed by atoms with Crippen LogP contribution in [0, 0.1) is 27.7 Å². The van der Waals surface area contributed by atoms with Crippen LogP contribution < -0.4 is 0 Å². The van der Waals surface area contributed by atoms with Crippen molar-refractivity contribution < 1.29 is 27.3 Å². The van der Waals surface area contributed by atoms with Crippen molar-refractivity contribution in [1.82, 2.24) is 9.46 Å². The summed E-state index contributed by atoms with van der Waals surface area (Å²) in [6, 6.07) is 4.42. The van der Waals surface area contributed by atoms with Crippen LogP contribution in [0.25, 0.3) is 0 Å². The van der Waals surface area contributed by atoms with Crippen molar-refractivity contribution >= 4 is 21.8 Å². The maximum Gasteiger partial charge on any atom is 0.324 e. The van der Waals surface area contributed by atoms with E-state index in [2.05, 4.69) is 5.16 Å². The lowest BCUT2D eigenvalue weighted by Crippen LogP contribution is -2.42. The van der Waals surface area contributed by atoms with E-state index in [9.17, 15) is 18.0 Å². The minimum absolute atomic E-state index is 0.0245. The van der Waals surface area contributed by atoms with E-state index < -0.39 is 28.6 Å². The van der Waals surface area contributed by atoms with Crippen LogP contribution in [0.2, 0.25) is 0 Å². The van der Waals surface area contributed by atoms with E-state index in [0.29, 0.717) is 18.4 Å². The quantitative estimate of drug-likeness (QED) is 0.522. The molecule has 2 heterocycles. The smallest absolute Gasteiger partial charge is 0.324 e. The van der Waals surface area contributed by atoms with Crippen LogP contribution in [-0.4, -0.2) is 48.8 Å². The number of aromatic nitrogens is 1. The molecule has 1 aromatic heterocycles. The Kier molecular flexibility index (Phi) is 5.90. The number of ketones is 1. The zero-order valence-electron chi connectivity index (χ0n) is 16.9. The number of ether oxygens (including phenoxy) is 1. The molecule has 156 valence electrons. The molecule has 1 saturated heterocycles. The van der Waals surface area contributed by atoms with Crippen molar-refractivity contribution in [2.24, 2.45) is 0 Å². The van der Waals surface area contributed by atoms with Gasteiger partial charge in [-0.2, -0.15) is 4.31 Å². The van der Waals surface area contributed by atoms with Crippen molar-refractivity contribution in [3.05, 3.63) is 46.3 Å². The molecule has 0 radical (unpaired) electrons. The lowest BCUT2D eigenvalue weighted by molar-refractivity contribution is -0.146. The van der Waals surface area contributed by atoms with Gasteiger partial charge in [0.25, 0.3) is 0 Å². The lowest BCUT2D eigenvalue weighted by atomic mass is 10.0. The maximum atomic E-state index is 13.0. The molecule has 1 atom stereocenters. The number of carbonyl (C=O) groups is 2. The van der Waals surface area contributed by atoms with Gasteiger partial charge >= 0.3 is 5.97 Å². The monoisotopic (exact) mass is 420 g/mol. The van der Waals surface area contributed by atoms with E-state index >= 15 is 0 Å². The second-order valence-electron chi connectivity index (χ2n) is 7.28. The van der Waals surface area contributed by atoms with Crippen LogP contribution in [-0.2, 0) is 19.6 Å². The maximum absolute atomic E-state index is 13.0. The summed E-state index contributed by atoms with van der Waals surface area (Å²) in [4.78, 5) is 25.0. The van der Waals surface area contributed by atoms with Gasteiger partial charge in [0.05, 0.1) is 0 Å². The molecule has 1 aliphatic rings. The number of benzene rings is 1. The average molecular weight is 420 g/mol. The number of esters is 1. The highest BCUT2D eigenvalue weighted by atomic mass is 32.2. The molecule has 29 heavy (non-hydrogen) atoms. The van der Waals surface area contributed by atoms with Crippen molar-refractivity contribution in [3.63, 3.8) is 0 Å². The van der Waals surface area contributed by atoms with Gasteiger partial charge in [-0.3, -0.25) is 9.59 Å². The zero-order chi connectivity index (χ0) is 21.3. The molecular weight excluding hydrogens is 396 g/mol. The highest BCUT2D eigenvalue weighted by Crippen LogP contribution is 2.30. The Hall–Kier alpha value is -2.52. The van der Waals surface area contributed by atoms with E-state index in [-0.39, 0.29) is 28.7 Å². The minimum Gasteiger partial charge on any atom is -0.456 e. The zero-order valence-corrected chi connectivity index (χ0v) is 17.7. The lowest BCUT2D eigenvalue weighted by Gasteiger charge is -2.22. The standard InChI is InChI=1S/C20H24N2O6S/c1-12-7-8-16(13(2)10-12)18(23)11-27-20(24)17-6-5-9-22(17)29(25,26)19-14(3)21-28-15(19)4/h7-8,10,17H,5-6,9,11H2,1-4H3/t17-/m0/s1. The largest absolute Gasteiger partial charge is 0.456 e. The summed E-state index contributed by atoms with van der Waals surface area (Å²) in [7, 11) is -3.96. The summed E-state index contributed by atoms with van der Waals surface area (Å²) in [5, 5.41) is 3.69. The predicted octanol–water partition coefficient (Wildman–Crippen LogP) is 2.49. The Balaban J connectivity index is 1.73. The molecule has 2 aromatic rings. The SMILES string of the molecule is Cc1ccc(C(=O)COC(=O)[C@@H]2CCCN2S(=O)(=O)c2c(C)noc2C)c(C)c1. The number of Topliss-reactive ketones (excluding diaryl/α,β-unsaturated/α-hetero) is 1. The van der Waals surface area contributed by atoms with Gasteiger partial charge < -0.3 is 9.26 Å². The number of rotatable bonds is 6. The number of carbonyl (C=O) groups excluding carboxylic acids is 2. The normalized spacial score (nSPS) is 17.4. The Morgan fingerprint density at radius 3 is 2.59 bits per heavy atom. The fourth-order valence-corrected chi connectivity index (χ4v) is 5.60. The summed E-state index contributed by atoms with van der Waals surface area (Å²) < 4.78 is 37.4. The Bertz CT molecular complexity index is 1040. The Morgan fingerprint density at radius 1 is 1.24 bits per heavy atom. The highest BCUT2D eigenvalue weighted by molar-refractivity contribution is 7.89. The van der Waals surface area contributed by atoms with Gasteiger partial charge in [-0.15, -0.1) is 0 Å². The van der Waals surface area contributed by atoms with Gasteiger partial charge in [-0.1, -0.05) is 28.9 Å². The van der Waals surface area contributed by atoms with Crippen LogP contribution in [0.1, 0.15) is 45.8 Å². The van der Waals surface area contributed by atoms with Crippen LogP contribution in [0.3, 0.4) is 0 Å². The third kappa shape index (κ3) is 4.11. The molecule has 0 unspecified atom stereocenters. The summed E-state index contributed by atoms with van der Waals surface area (Å²) in [6.07, 6.45) is 0.854. The first kappa shape index (κ1) is 21.2. The molecule has 1 fully saturated rings. The molecule has 0 bridgehead atoms. The molecular formula is C20H24N2O6S. The second kappa shape index (κ2) is 8.08. The summed E-state index contributed by atoms with van der Waals surface area (Å²) in [5.74, 6) is -0.878. The molecule has 1 aromatic carbocycles. The first-order valence-electron chi connectivity index (χ1n) is 9.34. The fraction of sp³-hybridized carbons (Fsp3) is 0.450. The van der Waals surface area contributed by atoms with Crippen molar-refractivity contribution in [2.75, 3.05) is 13.2 Å².